The van der Waals surface area contributed by atoms with Gasteiger partial charge < -0.3 is 9.47 Å². The van der Waals surface area contributed by atoms with Gasteiger partial charge in [-0.3, -0.25) is 9.97 Å². The number of esters is 2. The van der Waals surface area contributed by atoms with Crippen LogP contribution < -0.4 is 0 Å². The van der Waals surface area contributed by atoms with E-state index in [-0.39, 0.29) is 13.2 Å². The van der Waals surface area contributed by atoms with Crippen molar-refractivity contribution in [1.29, 1.82) is 0 Å². The summed E-state index contributed by atoms with van der Waals surface area (Å²) in [6.45, 7) is 6.01. The number of ether oxygens (including phenoxy) is 2. The van der Waals surface area contributed by atoms with Gasteiger partial charge in [-0.25, -0.2) is 14.6 Å². The highest BCUT2D eigenvalue weighted by atomic mass is 32.1. The molecule has 0 saturated carbocycles. The van der Waals surface area contributed by atoms with E-state index in [1.807, 2.05) is 31.2 Å². The van der Waals surface area contributed by atoms with E-state index in [2.05, 4.69) is 21.8 Å². The summed E-state index contributed by atoms with van der Waals surface area (Å²) in [4.78, 5) is 40.5. The topological polar surface area (TPSA) is 91.3 Å². The molecule has 36 heavy (non-hydrogen) atoms. The molecule has 0 amide bonds. The summed E-state index contributed by atoms with van der Waals surface area (Å²) in [6, 6.07) is 14.0. The quantitative estimate of drug-likeness (QED) is 0.263. The van der Waals surface area contributed by atoms with Crippen LogP contribution in [0.5, 0.6) is 0 Å². The molecule has 0 radical (unpaired) electrons. The average Bonchev–Trinajstić information content (AvgIpc) is 3.32. The highest BCUT2D eigenvalue weighted by Crippen LogP contribution is 2.25. The Morgan fingerprint density at radius 1 is 0.778 bits per heavy atom. The Hall–Kier alpha value is -4.35. The third kappa shape index (κ3) is 6.01. The molecule has 4 rings (SSSR count). The highest BCUT2D eigenvalue weighted by Gasteiger charge is 2.16. The van der Waals surface area contributed by atoms with Crippen LogP contribution in [0.1, 0.15) is 49.9 Å². The maximum Gasteiger partial charge on any atom is 0.338 e. The maximum atomic E-state index is 12.6. The lowest BCUT2D eigenvalue weighted by Gasteiger charge is -2.09. The molecule has 0 aliphatic rings. The number of hydrogen-bond donors (Lipinski definition) is 0. The minimum atomic E-state index is -0.493. The van der Waals surface area contributed by atoms with Gasteiger partial charge in [0.15, 0.2) is 0 Å². The molecule has 0 bridgehead atoms. The Kier molecular flexibility index (Phi) is 7.83. The second-order valence-electron chi connectivity index (χ2n) is 7.59. The summed E-state index contributed by atoms with van der Waals surface area (Å²) in [7, 11) is 0. The second-order valence-corrected chi connectivity index (χ2v) is 8.87. The monoisotopic (exact) mass is 497 g/mol. The maximum absolute atomic E-state index is 12.6. The van der Waals surface area contributed by atoms with Gasteiger partial charge in [0.05, 0.1) is 52.0 Å². The van der Waals surface area contributed by atoms with E-state index in [0.29, 0.717) is 33.9 Å². The van der Waals surface area contributed by atoms with E-state index < -0.39 is 11.9 Å². The SMILES string of the molecule is CCOC(=O)c1ccnc(-c2cc(C(=O)OCC)cc(-c3cc(C#Cc4ccc(C)s4)ccn3)n2)c1. The molecule has 180 valence electrons. The molecular formula is C28H23N3O4S. The zero-order chi connectivity index (χ0) is 25.5. The fourth-order valence-electron chi connectivity index (χ4n) is 3.32. The van der Waals surface area contributed by atoms with Crippen molar-refractivity contribution in [1.82, 2.24) is 15.0 Å². The van der Waals surface area contributed by atoms with Crippen molar-refractivity contribution in [2.75, 3.05) is 13.2 Å². The summed E-state index contributed by atoms with van der Waals surface area (Å²) in [5, 5.41) is 0. The van der Waals surface area contributed by atoms with Gasteiger partial charge in [0.2, 0.25) is 0 Å². The van der Waals surface area contributed by atoms with Crippen LogP contribution in [-0.4, -0.2) is 40.1 Å². The number of rotatable bonds is 6. The van der Waals surface area contributed by atoms with E-state index in [0.717, 1.165) is 10.4 Å². The lowest BCUT2D eigenvalue weighted by atomic mass is 10.1. The minimum absolute atomic E-state index is 0.230. The van der Waals surface area contributed by atoms with E-state index in [9.17, 15) is 9.59 Å². The standard InChI is InChI=1S/C28H23N3O4S/c1-4-34-27(32)20-11-13-30-24(15-20)26-17-21(28(33)35-5-2)16-25(31-26)23-14-19(10-12-29-23)7-9-22-8-6-18(3)36-22/h6,8,10-17H,4-5H2,1-3H3. The number of thiophene rings is 1. The van der Waals surface area contributed by atoms with Crippen LogP contribution in [0.15, 0.2) is 60.9 Å². The average molecular weight is 498 g/mol. The van der Waals surface area contributed by atoms with Crippen molar-refractivity contribution in [3.8, 4) is 34.6 Å². The molecule has 0 aliphatic heterocycles. The zero-order valence-electron chi connectivity index (χ0n) is 20.1. The molecule has 8 heteroatoms. The zero-order valence-corrected chi connectivity index (χ0v) is 20.9. The fourth-order valence-corrected chi connectivity index (χ4v) is 4.04. The number of nitrogens with zero attached hydrogens (tertiary/aromatic N) is 3. The Morgan fingerprint density at radius 3 is 2.03 bits per heavy atom. The Balaban J connectivity index is 1.76. The smallest absolute Gasteiger partial charge is 0.338 e. The predicted molar refractivity (Wildman–Crippen MR) is 138 cm³/mol. The van der Waals surface area contributed by atoms with Crippen LogP contribution in [0.3, 0.4) is 0 Å². The molecule has 0 spiro atoms. The molecule has 0 saturated heterocycles. The van der Waals surface area contributed by atoms with Crippen LogP contribution in [0, 0.1) is 18.8 Å². The molecule has 0 N–H and O–H groups in total. The van der Waals surface area contributed by atoms with Gasteiger partial charge >= 0.3 is 11.9 Å². The van der Waals surface area contributed by atoms with Gasteiger partial charge in [-0.15, -0.1) is 11.3 Å². The summed E-state index contributed by atoms with van der Waals surface area (Å²) in [5.41, 5.74) is 3.20. The molecule has 0 atom stereocenters. The fraction of sp³-hybridized carbons (Fsp3) is 0.179. The number of carbonyl (C=O) groups excluding carboxylic acids is 2. The number of carbonyl (C=O) groups is 2. The van der Waals surface area contributed by atoms with Gasteiger partial charge in [0.1, 0.15) is 0 Å². The lowest BCUT2D eigenvalue weighted by molar-refractivity contribution is 0.0516. The van der Waals surface area contributed by atoms with Gasteiger partial charge in [0.25, 0.3) is 0 Å². The first-order chi connectivity index (χ1) is 17.5. The van der Waals surface area contributed by atoms with E-state index >= 15 is 0 Å². The van der Waals surface area contributed by atoms with Crippen LogP contribution >= 0.6 is 11.3 Å². The van der Waals surface area contributed by atoms with E-state index in [1.54, 1.807) is 55.6 Å². The third-order valence-corrected chi connectivity index (χ3v) is 5.88. The predicted octanol–water partition coefficient (Wildman–Crippen LogP) is 5.33. The van der Waals surface area contributed by atoms with Gasteiger partial charge in [0, 0.05) is 22.8 Å². The molecule has 0 unspecified atom stereocenters. The highest BCUT2D eigenvalue weighted by molar-refractivity contribution is 7.12. The summed E-state index contributed by atoms with van der Waals surface area (Å²) in [6.07, 6.45) is 3.15. The van der Waals surface area contributed by atoms with Crippen molar-refractivity contribution >= 4 is 23.3 Å². The van der Waals surface area contributed by atoms with Crippen molar-refractivity contribution in [2.45, 2.75) is 20.8 Å². The normalized spacial score (nSPS) is 10.3. The molecule has 7 nitrogen and oxygen atoms in total. The van der Waals surface area contributed by atoms with Crippen LogP contribution in [0.4, 0.5) is 0 Å². The first-order valence-electron chi connectivity index (χ1n) is 11.3. The molecule has 0 aliphatic carbocycles. The van der Waals surface area contributed by atoms with Gasteiger partial charge in [-0.1, -0.05) is 11.8 Å². The number of hydrogen-bond acceptors (Lipinski definition) is 8. The summed E-state index contributed by atoms with van der Waals surface area (Å²) >= 11 is 1.63. The number of aryl methyl sites for hydroxylation is 1. The molecule has 4 aromatic heterocycles. The Labute approximate surface area is 213 Å². The van der Waals surface area contributed by atoms with Crippen LogP contribution in [-0.2, 0) is 9.47 Å². The number of pyridine rings is 3. The lowest BCUT2D eigenvalue weighted by Crippen LogP contribution is -2.07. The van der Waals surface area contributed by atoms with Crippen molar-refractivity contribution in [3.05, 3.63) is 87.4 Å². The molecule has 0 aromatic carbocycles. The van der Waals surface area contributed by atoms with Crippen molar-refractivity contribution in [3.63, 3.8) is 0 Å². The van der Waals surface area contributed by atoms with Crippen LogP contribution in [0.2, 0.25) is 0 Å². The van der Waals surface area contributed by atoms with Crippen molar-refractivity contribution in [2.24, 2.45) is 0 Å². The first-order valence-corrected chi connectivity index (χ1v) is 12.2. The van der Waals surface area contributed by atoms with E-state index in [4.69, 9.17) is 14.5 Å². The van der Waals surface area contributed by atoms with Gasteiger partial charge in [-0.2, -0.15) is 0 Å². The molecule has 4 heterocycles. The molecular weight excluding hydrogens is 474 g/mol. The Bertz CT molecular complexity index is 1480. The molecule has 0 fully saturated rings. The second kappa shape index (κ2) is 11.4. The number of aromatic nitrogens is 3. The third-order valence-electron chi connectivity index (χ3n) is 4.96. The van der Waals surface area contributed by atoms with E-state index in [1.165, 1.54) is 11.1 Å². The van der Waals surface area contributed by atoms with Crippen LogP contribution in [0.25, 0.3) is 22.8 Å². The largest absolute Gasteiger partial charge is 0.462 e. The Morgan fingerprint density at radius 2 is 1.39 bits per heavy atom. The summed E-state index contributed by atoms with van der Waals surface area (Å²) < 4.78 is 10.3. The van der Waals surface area contributed by atoms with Gasteiger partial charge in [-0.05, 0) is 69.3 Å². The van der Waals surface area contributed by atoms with Crippen molar-refractivity contribution < 1.29 is 19.1 Å². The summed E-state index contributed by atoms with van der Waals surface area (Å²) in [5.74, 6) is 5.37. The first kappa shape index (κ1) is 24.8. The minimum Gasteiger partial charge on any atom is -0.462 e. The molecule has 4 aromatic rings.